The number of benzene rings is 1. The first-order chi connectivity index (χ1) is 8.20. The van der Waals surface area contributed by atoms with Crippen LogP contribution >= 0.6 is 0 Å². The van der Waals surface area contributed by atoms with Crippen LogP contribution in [-0.4, -0.2) is 27.2 Å². The van der Waals surface area contributed by atoms with E-state index in [0.29, 0.717) is 0 Å². The van der Waals surface area contributed by atoms with E-state index in [1.54, 1.807) is 0 Å². The highest BCUT2D eigenvalue weighted by Gasteiger charge is 2.28. The van der Waals surface area contributed by atoms with Crippen molar-refractivity contribution in [3.05, 3.63) is 29.6 Å². The Balaban J connectivity index is 2.87. The van der Waals surface area contributed by atoms with Crippen LogP contribution in [0.25, 0.3) is 0 Å². The Kier molecular flexibility index (Phi) is 4.44. The summed E-state index contributed by atoms with van der Waals surface area (Å²) in [6.07, 6.45) is -5.69. The van der Waals surface area contributed by atoms with Gasteiger partial charge in [0.1, 0.15) is 5.82 Å². The Morgan fingerprint density at radius 2 is 1.94 bits per heavy atom. The van der Waals surface area contributed by atoms with E-state index < -0.39 is 46.5 Å². The molecule has 0 aliphatic rings. The number of aromatic carboxylic acids is 1. The normalized spacial score (nSPS) is 13.3. The van der Waals surface area contributed by atoms with Crippen LogP contribution in [0.3, 0.4) is 0 Å². The molecular formula is C10H8F4O3S. The van der Waals surface area contributed by atoms with Crippen LogP contribution < -0.4 is 0 Å². The lowest BCUT2D eigenvalue weighted by molar-refractivity contribution is -0.129. The van der Waals surface area contributed by atoms with Gasteiger partial charge in [-0.1, -0.05) is 0 Å². The molecule has 1 aromatic carbocycles. The molecule has 100 valence electrons. The van der Waals surface area contributed by atoms with Gasteiger partial charge in [0.05, 0.1) is 22.8 Å². The second kappa shape index (κ2) is 5.47. The molecule has 0 bridgehead atoms. The average Bonchev–Trinajstić information content (AvgIpc) is 2.25. The Morgan fingerprint density at radius 3 is 2.44 bits per heavy atom. The highest BCUT2D eigenvalue weighted by Crippen LogP contribution is 2.22. The number of hydrogen-bond donors (Lipinski definition) is 1. The van der Waals surface area contributed by atoms with Gasteiger partial charge in [0.15, 0.2) is 0 Å². The third kappa shape index (κ3) is 4.10. The van der Waals surface area contributed by atoms with E-state index in [1.165, 1.54) is 0 Å². The molecule has 0 saturated carbocycles. The fraction of sp³-hybridized carbons (Fsp3) is 0.300. The van der Waals surface area contributed by atoms with Crippen LogP contribution in [0.5, 0.6) is 0 Å². The summed E-state index contributed by atoms with van der Waals surface area (Å²) in [6.45, 7) is 0. The molecule has 8 heteroatoms. The predicted molar refractivity (Wildman–Crippen MR) is 55.3 cm³/mol. The molecule has 0 heterocycles. The topological polar surface area (TPSA) is 54.4 Å². The lowest BCUT2D eigenvalue weighted by atomic mass is 10.2. The summed E-state index contributed by atoms with van der Waals surface area (Å²) in [5, 5.41) is 8.61. The largest absolute Gasteiger partial charge is 0.478 e. The highest BCUT2D eigenvalue weighted by atomic mass is 32.2. The van der Waals surface area contributed by atoms with E-state index in [-0.39, 0.29) is 4.90 Å². The van der Waals surface area contributed by atoms with Crippen molar-refractivity contribution < 1.29 is 31.7 Å². The lowest BCUT2D eigenvalue weighted by Crippen LogP contribution is -2.13. The molecule has 0 radical (unpaired) electrons. The first-order valence-corrected chi connectivity index (χ1v) is 6.00. The van der Waals surface area contributed by atoms with Gasteiger partial charge in [0.2, 0.25) is 0 Å². The summed E-state index contributed by atoms with van der Waals surface area (Å²) in [5.41, 5.74) is -0.715. The summed E-state index contributed by atoms with van der Waals surface area (Å²) in [6, 6.07) is 2.56. The van der Waals surface area contributed by atoms with Crippen LogP contribution in [0, 0.1) is 5.82 Å². The van der Waals surface area contributed by atoms with Gasteiger partial charge in [0, 0.05) is 10.6 Å². The van der Waals surface area contributed by atoms with Gasteiger partial charge in [-0.3, -0.25) is 4.21 Å². The number of halogens is 4. The minimum Gasteiger partial charge on any atom is -0.478 e. The van der Waals surface area contributed by atoms with Gasteiger partial charge in [-0.25, -0.2) is 9.18 Å². The van der Waals surface area contributed by atoms with Crippen molar-refractivity contribution in [2.45, 2.75) is 17.5 Å². The van der Waals surface area contributed by atoms with Crippen LogP contribution in [0.4, 0.5) is 17.6 Å². The van der Waals surface area contributed by atoms with Gasteiger partial charge in [-0.05, 0) is 18.2 Å². The summed E-state index contributed by atoms with van der Waals surface area (Å²) in [5.74, 6) is -3.28. The quantitative estimate of drug-likeness (QED) is 0.865. The molecule has 0 aliphatic carbocycles. The third-order valence-electron chi connectivity index (χ3n) is 2.00. The first kappa shape index (κ1) is 14.6. The molecule has 0 saturated heterocycles. The summed E-state index contributed by atoms with van der Waals surface area (Å²) < 4.78 is 60.2. The molecule has 1 unspecified atom stereocenters. The third-order valence-corrected chi connectivity index (χ3v) is 3.36. The van der Waals surface area contributed by atoms with Crippen molar-refractivity contribution in [3.63, 3.8) is 0 Å². The molecule has 0 aliphatic heterocycles. The molecule has 3 nitrogen and oxygen atoms in total. The molecular weight excluding hydrogens is 276 g/mol. The Labute approximate surface area is 102 Å². The maximum absolute atomic E-state index is 13.0. The van der Waals surface area contributed by atoms with Gasteiger partial charge >= 0.3 is 12.1 Å². The van der Waals surface area contributed by atoms with Crippen molar-refractivity contribution in [3.8, 4) is 0 Å². The summed E-state index contributed by atoms with van der Waals surface area (Å²) >= 11 is 0. The number of hydrogen-bond acceptors (Lipinski definition) is 2. The Hall–Kier alpha value is -1.44. The average molecular weight is 284 g/mol. The number of rotatable bonds is 4. The monoisotopic (exact) mass is 284 g/mol. The second-order valence-electron chi connectivity index (χ2n) is 3.36. The van der Waals surface area contributed by atoms with Gasteiger partial charge in [-0.15, -0.1) is 0 Å². The SMILES string of the molecule is O=C(O)c1cc(S(=O)CCC(F)(F)F)ccc1F. The van der Waals surface area contributed by atoms with Crippen LogP contribution in [0.2, 0.25) is 0 Å². The van der Waals surface area contributed by atoms with Gasteiger partial charge in [0.25, 0.3) is 0 Å². The number of carboxylic acid groups (broad SMARTS) is 1. The van der Waals surface area contributed by atoms with E-state index in [0.717, 1.165) is 18.2 Å². The van der Waals surface area contributed by atoms with E-state index in [4.69, 9.17) is 5.11 Å². The van der Waals surface area contributed by atoms with E-state index >= 15 is 0 Å². The fourth-order valence-electron chi connectivity index (χ4n) is 1.14. The number of carbonyl (C=O) groups is 1. The minimum atomic E-state index is -4.44. The molecule has 1 atom stereocenters. The molecule has 0 spiro atoms. The predicted octanol–water partition coefficient (Wildman–Crippen LogP) is 2.58. The maximum Gasteiger partial charge on any atom is 0.390 e. The van der Waals surface area contributed by atoms with Crippen molar-refractivity contribution in [2.75, 3.05) is 5.75 Å². The van der Waals surface area contributed by atoms with Crippen molar-refractivity contribution in [1.29, 1.82) is 0 Å². The highest BCUT2D eigenvalue weighted by molar-refractivity contribution is 7.85. The molecule has 0 amide bonds. The molecule has 18 heavy (non-hydrogen) atoms. The van der Waals surface area contributed by atoms with Crippen LogP contribution in [0.1, 0.15) is 16.8 Å². The van der Waals surface area contributed by atoms with Crippen molar-refractivity contribution >= 4 is 16.8 Å². The number of alkyl halides is 3. The zero-order valence-electron chi connectivity index (χ0n) is 8.83. The molecule has 1 aromatic rings. The summed E-state index contributed by atoms with van der Waals surface area (Å²) in [4.78, 5) is 10.5. The van der Waals surface area contributed by atoms with Gasteiger partial charge < -0.3 is 5.11 Å². The zero-order chi connectivity index (χ0) is 13.9. The summed E-state index contributed by atoms with van der Waals surface area (Å²) in [7, 11) is -2.01. The van der Waals surface area contributed by atoms with Crippen LogP contribution in [0.15, 0.2) is 23.1 Å². The molecule has 1 rings (SSSR count). The van der Waals surface area contributed by atoms with Crippen molar-refractivity contribution in [2.24, 2.45) is 0 Å². The Bertz CT molecular complexity index is 485. The molecule has 0 aromatic heterocycles. The van der Waals surface area contributed by atoms with E-state index in [9.17, 15) is 26.6 Å². The smallest absolute Gasteiger partial charge is 0.390 e. The minimum absolute atomic E-state index is 0.141. The van der Waals surface area contributed by atoms with Crippen LogP contribution in [-0.2, 0) is 10.8 Å². The molecule has 1 N–H and O–H groups in total. The van der Waals surface area contributed by atoms with E-state index in [2.05, 4.69) is 0 Å². The lowest BCUT2D eigenvalue weighted by Gasteiger charge is -2.07. The van der Waals surface area contributed by atoms with Crippen molar-refractivity contribution in [1.82, 2.24) is 0 Å². The second-order valence-corrected chi connectivity index (χ2v) is 4.93. The van der Waals surface area contributed by atoms with Gasteiger partial charge in [-0.2, -0.15) is 13.2 Å². The first-order valence-electron chi connectivity index (χ1n) is 4.68. The zero-order valence-corrected chi connectivity index (χ0v) is 9.65. The standard InChI is InChI=1S/C10H8F4O3S/c11-8-2-1-6(5-7(8)9(15)16)18(17)4-3-10(12,13)14/h1-2,5H,3-4H2,(H,15,16). The van der Waals surface area contributed by atoms with E-state index in [1.807, 2.05) is 0 Å². The maximum atomic E-state index is 13.0. The molecule has 0 fully saturated rings. The Morgan fingerprint density at radius 1 is 1.33 bits per heavy atom. The fourth-order valence-corrected chi connectivity index (χ4v) is 2.26. The number of carboxylic acids is 1.